The molecule has 2 aliphatic rings. The molecule has 1 saturated carbocycles. The SMILES string of the molecule is O=CCC1C(=O)N[C@@H]2CCCC[C@H]12. The monoisotopic (exact) mass is 181 g/mol. The van der Waals surface area contributed by atoms with Crippen molar-refractivity contribution in [1.82, 2.24) is 5.32 Å². The van der Waals surface area contributed by atoms with E-state index in [4.69, 9.17) is 0 Å². The van der Waals surface area contributed by atoms with E-state index in [9.17, 15) is 9.59 Å². The normalized spacial score (nSPS) is 38.2. The zero-order valence-electron chi connectivity index (χ0n) is 7.66. The minimum Gasteiger partial charge on any atom is -0.353 e. The molecule has 0 aromatic heterocycles. The van der Waals surface area contributed by atoms with Crippen LogP contribution in [0.3, 0.4) is 0 Å². The lowest BCUT2D eigenvalue weighted by Crippen LogP contribution is -2.31. The van der Waals surface area contributed by atoms with E-state index in [1.54, 1.807) is 0 Å². The van der Waals surface area contributed by atoms with Gasteiger partial charge in [0.15, 0.2) is 0 Å². The number of hydrogen-bond acceptors (Lipinski definition) is 2. The van der Waals surface area contributed by atoms with Crippen LogP contribution in [0.4, 0.5) is 0 Å². The van der Waals surface area contributed by atoms with Gasteiger partial charge in [0, 0.05) is 18.4 Å². The zero-order valence-corrected chi connectivity index (χ0v) is 7.66. The van der Waals surface area contributed by atoms with Crippen LogP contribution >= 0.6 is 0 Å². The van der Waals surface area contributed by atoms with Crippen molar-refractivity contribution in [1.29, 1.82) is 0 Å². The zero-order chi connectivity index (χ0) is 9.26. The van der Waals surface area contributed by atoms with E-state index in [0.717, 1.165) is 19.1 Å². The molecule has 0 spiro atoms. The van der Waals surface area contributed by atoms with Gasteiger partial charge in [-0.05, 0) is 18.8 Å². The van der Waals surface area contributed by atoms with Gasteiger partial charge in [-0.3, -0.25) is 4.79 Å². The molecule has 13 heavy (non-hydrogen) atoms. The number of hydrogen-bond donors (Lipinski definition) is 1. The van der Waals surface area contributed by atoms with Crippen LogP contribution in [0, 0.1) is 11.8 Å². The maximum atomic E-state index is 11.5. The lowest BCUT2D eigenvalue weighted by atomic mass is 9.79. The van der Waals surface area contributed by atoms with Crippen LogP contribution in [0.5, 0.6) is 0 Å². The number of amides is 1. The summed E-state index contributed by atoms with van der Waals surface area (Å²) in [5.41, 5.74) is 0. The Bertz CT molecular complexity index is 227. The Balaban J connectivity index is 2.08. The molecule has 1 saturated heterocycles. The lowest BCUT2D eigenvalue weighted by Gasteiger charge is -2.26. The minimum atomic E-state index is -0.0252. The molecule has 0 aromatic rings. The maximum Gasteiger partial charge on any atom is 0.224 e. The fraction of sp³-hybridized carbons (Fsp3) is 0.800. The van der Waals surface area contributed by atoms with E-state index >= 15 is 0 Å². The van der Waals surface area contributed by atoms with Gasteiger partial charge in [-0.1, -0.05) is 12.8 Å². The molecule has 3 heteroatoms. The van der Waals surface area contributed by atoms with Gasteiger partial charge in [-0.2, -0.15) is 0 Å². The van der Waals surface area contributed by atoms with Crippen LogP contribution in [0.2, 0.25) is 0 Å². The van der Waals surface area contributed by atoms with Crippen LogP contribution in [-0.2, 0) is 9.59 Å². The van der Waals surface area contributed by atoms with Crippen LogP contribution in [0.25, 0.3) is 0 Å². The lowest BCUT2D eigenvalue weighted by molar-refractivity contribution is -0.125. The van der Waals surface area contributed by atoms with Crippen LogP contribution in [0.15, 0.2) is 0 Å². The summed E-state index contributed by atoms with van der Waals surface area (Å²) < 4.78 is 0. The number of rotatable bonds is 2. The molecule has 1 unspecified atom stereocenters. The maximum absolute atomic E-state index is 11.5. The third-order valence-electron chi connectivity index (χ3n) is 3.35. The Labute approximate surface area is 77.9 Å². The van der Waals surface area contributed by atoms with Crippen molar-refractivity contribution >= 4 is 12.2 Å². The van der Waals surface area contributed by atoms with Crippen molar-refractivity contribution in [2.75, 3.05) is 0 Å². The first kappa shape index (κ1) is 8.73. The minimum absolute atomic E-state index is 0.0252. The number of fused-ring (bicyclic) bond motifs is 1. The van der Waals surface area contributed by atoms with E-state index in [1.165, 1.54) is 12.8 Å². The van der Waals surface area contributed by atoms with Crippen LogP contribution < -0.4 is 5.32 Å². The first-order valence-corrected chi connectivity index (χ1v) is 5.07. The van der Waals surface area contributed by atoms with E-state index in [0.29, 0.717) is 18.4 Å². The number of carbonyl (C=O) groups excluding carboxylic acids is 2. The molecule has 1 aliphatic heterocycles. The Hall–Kier alpha value is -0.860. The molecular weight excluding hydrogens is 166 g/mol. The first-order valence-electron chi connectivity index (χ1n) is 5.07. The van der Waals surface area contributed by atoms with Gasteiger partial charge in [0.05, 0.1) is 0 Å². The molecule has 3 atom stereocenters. The summed E-state index contributed by atoms with van der Waals surface area (Å²) in [5.74, 6) is 0.512. The van der Waals surface area contributed by atoms with Crippen LogP contribution in [0.1, 0.15) is 32.1 Å². The van der Waals surface area contributed by atoms with Crippen molar-refractivity contribution in [3.63, 3.8) is 0 Å². The predicted octanol–water partition coefficient (Wildman–Crippen LogP) is 0.880. The van der Waals surface area contributed by atoms with Crippen molar-refractivity contribution in [2.24, 2.45) is 11.8 Å². The summed E-state index contributed by atoms with van der Waals surface area (Å²) in [5, 5.41) is 2.99. The van der Waals surface area contributed by atoms with Crippen molar-refractivity contribution in [2.45, 2.75) is 38.1 Å². The highest BCUT2D eigenvalue weighted by Crippen LogP contribution is 2.36. The summed E-state index contributed by atoms with van der Waals surface area (Å²) in [6.45, 7) is 0. The molecule has 2 rings (SSSR count). The summed E-state index contributed by atoms with van der Waals surface area (Å²) in [7, 11) is 0. The first-order chi connectivity index (χ1) is 6.33. The molecule has 0 aromatic carbocycles. The molecule has 1 amide bonds. The highest BCUT2D eigenvalue weighted by atomic mass is 16.2. The second-order valence-electron chi connectivity index (χ2n) is 4.07. The molecule has 1 N–H and O–H groups in total. The van der Waals surface area contributed by atoms with E-state index in [1.807, 2.05) is 0 Å². The average molecular weight is 181 g/mol. The Kier molecular flexibility index (Phi) is 2.34. The molecule has 3 nitrogen and oxygen atoms in total. The van der Waals surface area contributed by atoms with Crippen molar-refractivity contribution in [3.8, 4) is 0 Å². The van der Waals surface area contributed by atoms with Gasteiger partial charge in [0.1, 0.15) is 6.29 Å². The summed E-state index contributed by atoms with van der Waals surface area (Å²) in [6, 6.07) is 0.367. The van der Waals surface area contributed by atoms with Gasteiger partial charge < -0.3 is 10.1 Å². The summed E-state index contributed by atoms with van der Waals surface area (Å²) >= 11 is 0. The molecule has 1 aliphatic carbocycles. The topological polar surface area (TPSA) is 46.2 Å². The molecule has 2 fully saturated rings. The van der Waals surface area contributed by atoms with Crippen molar-refractivity contribution < 1.29 is 9.59 Å². The highest BCUT2D eigenvalue weighted by Gasteiger charge is 2.42. The molecule has 1 heterocycles. The van der Waals surface area contributed by atoms with Gasteiger partial charge >= 0.3 is 0 Å². The standard InChI is InChI=1S/C10H15NO2/c12-6-5-8-7-3-1-2-4-9(7)11-10(8)13/h6-9H,1-5H2,(H,11,13)/t7-,8?,9-/m1/s1. The molecule has 72 valence electrons. The smallest absolute Gasteiger partial charge is 0.224 e. The third kappa shape index (κ3) is 1.47. The molecular formula is C10H15NO2. The van der Waals surface area contributed by atoms with Crippen molar-refractivity contribution in [3.05, 3.63) is 0 Å². The van der Waals surface area contributed by atoms with E-state index in [-0.39, 0.29) is 11.8 Å². The third-order valence-corrected chi connectivity index (χ3v) is 3.35. The number of aldehydes is 1. The predicted molar refractivity (Wildman–Crippen MR) is 48.1 cm³/mol. The largest absolute Gasteiger partial charge is 0.353 e. The van der Waals surface area contributed by atoms with Gasteiger partial charge in [0.25, 0.3) is 0 Å². The highest BCUT2D eigenvalue weighted by molar-refractivity contribution is 5.84. The second kappa shape index (κ2) is 3.48. The molecule has 0 radical (unpaired) electrons. The Morgan fingerprint density at radius 2 is 2.15 bits per heavy atom. The fourth-order valence-corrected chi connectivity index (χ4v) is 2.69. The summed E-state index contributed by atoms with van der Waals surface area (Å²) in [6.07, 6.45) is 5.93. The Morgan fingerprint density at radius 3 is 2.92 bits per heavy atom. The van der Waals surface area contributed by atoms with E-state index in [2.05, 4.69) is 5.32 Å². The number of carbonyl (C=O) groups is 2. The van der Waals surface area contributed by atoms with Gasteiger partial charge in [-0.25, -0.2) is 0 Å². The Morgan fingerprint density at radius 1 is 1.38 bits per heavy atom. The fourth-order valence-electron chi connectivity index (χ4n) is 2.69. The van der Waals surface area contributed by atoms with E-state index < -0.39 is 0 Å². The summed E-state index contributed by atoms with van der Waals surface area (Å²) in [4.78, 5) is 21.9. The van der Waals surface area contributed by atoms with Crippen LogP contribution in [-0.4, -0.2) is 18.2 Å². The molecule has 0 bridgehead atoms. The van der Waals surface area contributed by atoms with Gasteiger partial charge in [-0.15, -0.1) is 0 Å². The quantitative estimate of drug-likeness (QED) is 0.643. The van der Waals surface area contributed by atoms with Gasteiger partial charge in [0.2, 0.25) is 5.91 Å². The second-order valence-corrected chi connectivity index (χ2v) is 4.07. The number of nitrogens with one attached hydrogen (secondary N) is 1. The average Bonchev–Trinajstić information content (AvgIpc) is 2.44.